The lowest BCUT2D eigenvalue weighted by molar-refractivity contribution is -0.117. The molecule has 19 heavy (non-hydrogen) atoms. The van der Waals surface area contributed by atoms with Crippen LogP contribution in [0.25, 0.3) is 0 Å². The Bertz CT molecular complexity index is 434. The molecule has 2 unspecified atom stereocenters. The Kier molecular flexibility index (Phi) is 4.21. The maximum absolute atomic E-state index is 12.0. The maximum Gasteiger partial charge on any atom is 0.238 e. The number of hydrogen-bond acceptors (Lipinski definition) is 4. The summed E-state index contributed by atoms with van der Waals surface area (Å²) in [5.41, 5.74) is 8.41. The Morgan fingerprint density at radius 2 is 2.37 bits per heavy atom. The monoisotopic (exact) mass is 265 g/mol. The molecule has 4 N–H and O–H groups in total. The van der Waals surface area contributed by atoms with Crippen molar-refractivity contribution in [1.29, 1.82) is 0 Å². The summed E-state index contributed by atoms with van der Waals surface area (Å²) in [5, 5.41) is 9.85. The average Bonchev–Trinajstić information content (AvgIpc) is 2.91. The van der Waals surface area contributed by atoms with Gasteiger partial charge in [-0.2, -0.15) is 5.10 Å². The van der Waals surface area contributed by atoms with Gasteiger partial charge in [0.25, 0.3) is 0 Å². The average molecular weight is 265 g/mol. The number of H-pyrrole nitrogens is 1. The topological polar surface area (TPSA) is 87.0 Å². The normalized spacial score (nSPS) is 21.6. The number of rotatable bonds is 4. The summed E-state index contributed by atoms with van der Waals surface area (Å²) in [4.78, 5) is 14.2. The molecular weight excluding hydrogens is 242 g/mol. The van der Waals surface area contributed by atoms with Crippen LogP contribution in [0.5, 0.6) is 0 Å². The van der Waals surface area contributed by atoms with Gasteiger partial charge < -0.3 is 11.1 Å². The van der Waals surface area contributed by atoms with Gasteiger partial charge in [0, 0.05) is 12.6 Å². The van der Waals surface area contributed by atoms with Gasteiger partial charge in [-0.05, 0) is 39.7 Å². The Balaban J connectivity index is 1.86. The standard InChI is InChI=1S/C13H23N5O/c1-8(14)11-4-5-18(6-11)7-12(19)15-13-9(2)16-17-10(13)3/h8,11H,4-7,14H2,1-3H3,(H,15,19)(H,16,17). The Morgan fingerprint density at radius 1 is 1.63 bits per heavy atom. The molecule has 1 amide bonds. The molecule has 6 heteroatoms. The lowest BCUT2D eigenvalue weighted by atomic mass is 10.0. The first-order valence-electron chi connectivity index (χ1n) is 6.76. The number of aryl methyl sites for hydroxylation is 2. The SMILES string of the molecule is Cc1n[nH]c(C)c1NC(=O)CN1CCC(C(C)N)C1. The van der Waals surface area contributed by atoms with Crippen LogP contribution in [-0.2, 0) is 4.79 Å². The molecule has 2 atom stereocenters. The van der Waals surface area contributed by atoms with Crippen LogP contribution in [0.2, 0.25) is 0 Å². The molecule has 2 heterocycles. The summed E-state index contributed by atoms with van der Waals surface area (Å²) in [6, 6.07) is 0.200. The first-order valence-corrected chi connectivity index (χ1v) is 6.76. The summed E-state index contributed by atoms with van der Waals surface area (Å²) in [6.07, 6.45) is 1.08. The molecule has 1 saturated heterocycles. The molecule has 0 aromatic carbocycles. The number of likely N-dealkylation sites (tertiary alicyclic amines) is 1. The summed E-state index contributed by atoms with van der Waals surface area (Å²) in [5.74, 6) is 0.517. The summed E-state index contributed by atoms with van der Waals surface area (Å²) in [6.45, 7) is 8.09. The highest BCUT2D eigenvalue weighted by Crippen LogP contribution is 2.19. The van der Waals surface area contributed by atoms with Crippen LogP contribution in [0, 0.1) is 19.8 Å². The highest BCUT2D eigenvalue weighted by atomic mass is 16.2. The van der Waals surface area contributed by atoms with Crippen molar-refractivity contribution in [2.45, 2.75) is 33.2 Å². The van der Waals surface area contributed by atoms with Gasteiger partial charge in [-0.25, -0.2) is 0 Å². The Labute approximate surface area is 113 Å². The van der Waals surface area contributed by atoms with Crippen molar-refractivity contribution in [3.05, 3.63) is 11.4 Å². The third-order valence-corrected chi connectivity index (χ3v) is 3.81. The number of carbonyl (C=O) groups excluding carboxylic acids is 1. The minimum atomic E-state index is 0.0120. The summed E-state index contributed by atoms with van der Waals surface area (Å²) < 4.78 is 0. The van der Waals surface area contributed by atoms with Gasteiger partial charge in [0.1, 0.15) is 0 Å². The molecule has 0 aliphatic carbocycles. The smallest absolute Gasteiger partial charge is 0.238 e. The van der Waals surface area contributed by atoms with Gasteiger partial charge >= 0.3 is 0 Å². The van der Waals surface area contributed by atoms with Gasteiger partial charge in [-0.15, -0.1) is 0 Å². The van der Waals surface area contributed by atoms with Gasteiger partial charge in [0.05, 0.1) is 23.6 Å². The number of hydrogen-bond donors (Lipinski definition) is 3. The second-order valence-corrected chi connectivity index (χ2v) is 5.50. The minimum absolute atomic E-state index is 0.0120. The van der Waals surface area contributed by atoms with Crippen molar-refractivity contribution >= 4 is 11.6 Å². The second-order valence-electron chi connectivity index (χ2n) is 5.50. The number of nitrogens with zero attached hydrogens (tertiary/aromatic N) is 2. The Hall–Kier alpha value is -1.40. The predicted molar refractivity (Wildman–Crippen MR) is 74.9 cm³/mol. The van der Waals surface area contributed by atoms with E-state index in [1.807, 2.05) is 20.8 Å². The molecule has 1 aliphatic rings. The summed E-state index contributed by atoms with van der Waals surface area (Å²) in [7, 11) is 0. The van der Waals surface area contributed by atoms with Crippen LogP contribution in [0.3, 0.4) is 0 Å². The zero-order valence-electron chi connectivity index (χ0n) is 11.9. The number of amides is 1. The van der Waals surface area contributed by atoms with Crippen molar-refractivity contribution in [1.82, 2.24) is 15.1 Å². The van der Waals surface area contributed by atoms with Crippen LogP contribution in [0.1, 0.15) is 24.7 Å². The fraction of sp³-hybridized carbons (Fsp3) is 0.692. The van der Waals surface area contributed by atoms with Gasteiger partial charge in [-0.3, -0.25) is 14.8 Å². The third-order valence-electron chi connectivity index (χ3n) is 3.81. The molecule has 0 radical (unpaired) electrons. The van der Waals surface area contributed by atoms with E-state index in [-0.39, 0.29) is 11.9 Å². The minimum Gasteiger partial charge on any atom is -0.328 e. The molecule has 0 spiro atoms. The number of nitrogens with two attached hydrogens (primary N) is 1. The molecule has 1 aromatic rings. The van der Waals surface area contributed by atoms with Crippen molar-refractivity contribution < 1.29 is 4.79 Å². The largest absolute Gasteiger partial charge is 0.328 e. The van der Waals surface area contributed by atoms with Gasteiger partial charge in [0.2, 0.25) is 5.91 Å². The van der Waals surface area contributed by atoms with Crippen LogP contribution in [0.15, 0.2) is 0 Å². The molecule has 1 aliphatic heterocycles. The fourth-order valence-corrected chi connectivity index (χ4v) is 2.55. The van der Waals surface area contributed by atoms with Crippen LogP contribution in [0.4, 0.5) is 5.69 Å². The first-order chi connectivity index (χ1) is 8.97. The van der Waals surface area contributed by atoms with Gasteiger partial charge in [-0.1, -0.05) is 0 Å². The van der Waals surface area contributed by atoms with E-state index in [0.29, 0.717) is 12.5 Å². The highest BCUT2D eigenvalue weighted by molar-refractivity contribution is 5.93. The zero-order valence-corrected chi connectivity index (χ0v) is 11.9. The number of nitrogens with one attached hydrogen (secondary N) is 2. The molecule has 2 rings (SSSR count). The summed E-state index contributed by atoms with van der Waals surface area (Å²) >= 11 is 0. The molecular formula is C13H23N5O. The molecule has 6 nitrogen and oxygen atoms in total. The Morgan fingerprint density at radius 3 is 2.89 bits per heavy atom. The second kappa shape index (κ2) is 5.71. The molecule has 106 valence electrons. The van der Waals surface area contributed by atoms with Crippen molar-refractivity contribution in [2.75, 3.05) is 25.0 Å². The predicted octanol–water partition coefficient (Wildman–Crippen LogP) is 0.634. The van der Waals surface area contributed by atoms with Crippen molar-refractivity contribution in [3.63, 3.8) is 0 Å². The van der Waals surface area contributed by atoms with E-state index in [0.717, 1.165) is 36.6 Å². The van der Waals surface area contributed by atoms with E-state index in [1.54, 1.807) is 0 Å². The maximum atomic E-state index is 12.0. The third kappa shape index (κ3) is 3.33. The zero-order chi connectivity index (χ0) is 14.0. The van der Waals surface area contributed by atoms with Crippen molar-refractivity contribution in [2.24, 2.45) is 11.7 Å². The van der Waals surface area contributed by atoms with Crippen LogP contribution in [-0.4, -0.2) is 46.7 Å². The van der Waals surface area contributed by atoms with E-state index in [1.165, 1.54) is 0 Å². The molecule has 0 saturated carbocycles. The van der Waals surface area contributed by atoms with Crippen molar-refractivity contribution in [3.8, 4) is 0 Å². The number of carbonyl (C=O) groups is 1. The molecule has 1 fully saturated rings. The number of aromatic nitrogens is 2. The molecule has 0 bridgehead atoms. The van der Waals surface area contributed by atoms with Gasteiger partial charge in [0.15, 0.2) is 0 Å². The highest BCUT2D eigenvalue weighted by Gasteiger charge is 2.26. The van der Waals surface area contributed by atoms with E-state index in [9.17, 15) is 4.79 Å². The fourth-order valence-electron chi connectivity index (χ4n) is 2.55. The lowest BCUT2D eigenvalue weighted by Gasteiger charge is -2.17. The number of anilines is 1. The first kappa shape index (κ1) is 14.0. The quantitative estimate of drug-likeness (QED) is 0.745. The van der Waals surface area contributed by atoms with Crippen LogP contribution >= 0.6 is 0 Å². The van der Waals surface area contributed by atoms with E-state index in [4.69, 9.17) is 5.73 Å². The number of aromatic amines is 1. The van der Waals surface area contributed by atoms with E-state index < -0.39 is 0 Å². The van der Waals surface area contributed by atoms with Crippen LogP contribution < -0.4 is 11.1 Å². The van der Waals surface area contributed by atoms with E-state index >= 15 is 0 Å². The molecule has 1 aromatic heterocycles. The van der Waals surface area contributed by atoms with E-state index in [2.05, 4.69) is 20.4 Å². The lowest BCUT2D eigenvalue weighted by Crippen LogP contribution is -2.34.